The molecule has 0 bridgehead atoms. The van der Waals surface area contributed by atoms with Crippen LogP contribution in [0.5, 0.6) is 0 Å². The van der Waals surface area contributed by atoms with Crippen molar-refractivity contribution in [2.45, 2.75) is 18.3 Å². The van der Waals surface area contributed by atoms with E-state index >= 15 is 0 Å². The maximum Gasteiger partial charge on any atom is 0.417 e. The van der Waals surface area contributed by atoms with Crippen LogP contribution in [0.3, 0.4) is 0 Å². The predicted molar refractivity (Wildman–Crippen MR) is 115 cm³/mol. The fourth-order valence-corrected chi connectivity index (χ4v) is 3.58. The molecule has 32 heavy (non-hydrogen) atoms. The van der Waals surface area contributed by atoms with Gasteiger partial charge in [-0.15, -0.1) is 0 Å². The third kappa shape index (κ3) is 4.50. The molecule has 2 atom stereocenters. The Kier molecular flexibility index (Phi) is 5.96. The molecule has 0 aliphatic carbocycles. The van der Waals surface area contributed by atoms with Crippen LogP contribution in [-0.2, 0) is 6.18 Å². The van der Waals surface area contributed by atoms with Crippen LogP contribution < -0.4 is 11.5 Å². The smallest absolute Gasteiger partial charge is 0.322 e. The summed E-state index contributed by atoms with van der Waals surface area (Å²) in [6.07, 6.45) is 1.97. The first-order valence-corrected chi connectivity index (χ1v) is 9.90. The maximum atomic E-state index is 13.0. The first-order valence-electron chi connectivity index (χ1n) is 9.52. The molecule has 4 rings (SSSR count). The van der Waals surface area contributed by atoms with E-state index in [2.05, 4.69) is 15.0 Å². The lowest BCUT2D eigenvalue weighted by atomic mass is 9.97. The highest BCUT2D eigenvalue weighted by molar-refractivity contribution is 6.31. The predicted octanol–water partition coefficient (Wildman–Crippen LogP) is 4.70. The van der Waals surface area contributed by atoms with Gasteiger partial charge in [0, 0.05) is 23.6 Å². The van der Waals surface area contributed by atoms with Gasteiger partial charge in [0.2, 0.25) is 0 Å². The summed E-state index contributed by atoms with van der Waals surface area (Å²) in [5.41, 5.74) is 14.8. The SMILES string of the molecule is NC(c1ccc(-n2ccnc2)cc1)C(N)c1cc(-c2ccc(C(F)(F)F)c(Cl)c2)ncn1. The molecule has 0 saturated carbocycles. The summed E-state index contributed by atoms with van der Waals surface area (Å²) in [5, 5.41) is -0.408. The fourth-order valence-electron chi connectivity index (χ4n) is 3.29. The van der Waals surface area contributed by atoms with Gasteiger partial charge in [-0.25, -0.2) is 15.0 Å². The zero-order valence-corrected chi connectivity index (χ0v) is 17.3. The Morgan fingerprint density at radius 1 is 0.938 bits per heavy atom. The molecule has 0 fully saturated rings. The van der Waals surface area contributed by atoms with Crippen LogP contribution in [0, 0.1) is 0 Å². The third-order valence-electron chi connectivity index (χ3n) is 5.07. The van der Waals surface area contributed by atoms with Crippen molar-refractivity contribution in [2.75, 3.05) is 0 Å². The molecule has 0 amide bonds. The number of rotatable bonds is 5. The van der Waals surface area contributed by atoms with Crippen LogP contribution >= 0.6 is 11.6 Å². The Hall–Kier alpha value is -3.27. The molecule has 10 heteroatoms. The number of imidazole rings is 1. The van der Waals surface area contributed by atoms with Gasteiger partial charge in [0.25, 0.3) is 0 Å². The minimum Gasteiger partial charge on any atom is -0.322 e. The van der Waals surface area contributed by atoms with Gasteiger partial charge >= 0.3 is 6.18 Å². The summed E-state index contributed by atoms with van der Waals surface area (Å²) < 4.78 is 40.8. The van der Waals surface area contributed by atoms with E-state index in [1.807, 2.05) is 35.0 Å². The van der Waals surface area contributed by atoms with E-state index in [9.17, 15) is 13.2 Å². The van der Waals surface area contributed by atoms with Crippen LogP contribution in [-0.4, -0.2) is 19.5 Å². The van der Waals surface area contributed by atoms with Crippen LogP contribution in [0.1, 0.15) is 28.9 Å². The molecule has 6 nitrogen and oxygen atoms in total. The second-order valence-electron chi connectivity index (χ2n) is 7.13. The first-order chi connectivity index (χ1) is 15.2. The topological polar surface area (TPSA) is 95.6 Å². The van der Waals surface area contributed by atoms with Crippen LogP contribution in [0.15, 0.2) is 73.6 Å². The van der Waals surface area contributed by atoms with Gasteiger partial charge in [0.1, 0.15) is 6.33 Å². The Bertz CT molecular complexity index is 1210. The van der Waals surface area contributed by atoms with Crippen LogP contribution in [0.4, 0.5) is 13.2 Å². The van der Waals surface area contributed by atoms with E-state index < -0.39 is 28.8 Å². The van der Waals surface area contributed by atoms with Crippen molar-refractivity contribution in [2.24, 2.45) is 11.5 Å². The summed E-state index contributed by atoms with van der Waals surface area (Å²) >= 11 is 5.83. The molecule has 2 unspecified atom stereocenters. The quantitative estimate of drug-likeness (QED) is 0.452. The van der Waals surface area contributed by atoms with E-state index in [1.54, 1.807) is 18.6 Å². The van der Waals surface area contributed by atoms with Gasteiger partial charge in [-0.05, 0) is 35.9 Å². The Balaban J connectivity index is 1.57. The van der Waals surface area contributed by atoms with E-state index in [-0.39, 0.29) is 0 Å². The molecule has 0 spiro atoms. The monoisotopic (exact) mass is 458 g/mol. The lowest BCUT2D eigenvalue weighted by Crippen LogP contribution is -2.27. The van der Waals surface area contributed by atoms with Crippen molar-refractivity contribution < 1.29 is 13.2 Å². The maximum absolute atomic E-state index is 13.0. The minimum absolute atomic E-state index is 0.392. The van der Waals surface area contributed by atoms with Crippen molar-refractivity contribution in [1.82, 2.24) is 19.5 Å². The molecular weight excluding hydrogens is 441 g/mol. The van der Waals surface area contributed by atoms with Gasteiger partial charge in [0.15, 0.2) is 0 Å². The second kappa shape index (κ2) is 8.70. The molecule has 2 aromatic heterocycles. The highest BCUT2D eigenvalue weighted by Gasteiger charge is 2.33. The zero-order valence-electron chi connectivity index (χ0n) is 16.5. The number of hydrogen-bond acceptors (Lipinski definition) is 5. The molecule has 164 valence electrons. The Morgan fingerprint density at radius 3 is 2.31 bits per heavy atom. The molecule has 4 N–H and O–H groups in total. The van der Waals surface area contributed by atoms with Crippen LogP contribution in [0.2, 0.25) is 5.02 Å². The lowest BCUT2D eigenvalue weighted by molar-refractivity contribution is -0.137. The molecule has 0 aliphatic rings. The Labute approximate surface area is 186 Å². The summed E-state index contributed by atoms with van der Waals surface area (Å²) in [6, 6.07) is 11.4. The van der Waals surface area contributed by atoms with Crippen molar-refractivity contribution in [3.63, 3.8) is 0 Å². The number of nitrogens with two attached hydrogens (primary N) is 2. The number of nitrogens with zero attached hydrogens (tertiary/aromatic N) is 4. The molecule has 0 aliphatic heterocycles. The van der Waals surface area contributed by atoms with E-state index in [0.29, 0.717) is 17.0 Å². The summed E-state index contributed by atoms with van der Waals surface area (Å²) in [5.74, 6) is 0. The van der Waals surface area contributed by atoms with Crippen LogP contribution in [0.25, 0.3) is 16.9 Å². The number of alkyl halides is 3. The minimum atomic E-state index is -4.53. The average molecular weight is 459 g/mol. The van der Waals surface area contributed by atoms with Crippen molar-refractivity contribution >= 4 is 11.6 Å². The fraction of sp³-hybridized carbons (Fsp3) is 0.136. The highest BCUT2D eigenvalue weighted by Crippen LogP contribution is 2.36. The van der Waals surface area contributed by atoms with Crippen molar-refractivity contribution in [1.29, 1.82) is 0 Å². The summed E-state index contributed by atoms with van der Waals surface area (Å²) in [4.78, 5) is 12.4. The normalized spacial score (nSPS) is 13.7. The Morgan fingerprint density at radius 2 is 1.69 bits per heavy atom. The summed E-state index contributed by atoms with van der Waals surface area (Å²) in [6.45, 7) is 0. The number of halogens is 4. The molecular formula is C22H18ClF3N6. The van der Waals surface area contributed by atoms with Gasteiger partial charge in [-0.1, -0.05) is 29.8 Å². The van der Waals surface area contributed by atoms with E-state index in [4.69, 9.17) is 23.1 Å². The van der Waals surface area contributed by atoms with Crippen molar-refractivity contribution in [3.05, 3.63) is 95.4 Å². The second-order valence-corrected chi connectivity index (χ2v) is 7.54. The van der Waals surface area contributed by atoms with Crippen molar-refractivity contribution in [3.8, 4) is 16.9 Å². The van der Waals surface area contributed by atoms with Gasteiger partial charge < -0.3 is 16.0 Å². The molecule has 2 heterocycles. The van der Waals surface area contributed by atoms with E-state index in [0.717, 1.165) is 17.3 Å². The average Bonchev–Trinajstić information content (AvgIpc) is 3.32. The van der Waals surface area contributed by atoms with Gasteiger partial charge in [0.05, 0.1) is 40.4 Å². The van der Waals surface area contributed by atoms with Gasteiger partial charge in [-0.3, -0.25) is 0 Å². The molecule has 0 saturated heterocycles. The summed E-state index contributed by atoms with van der Waals surface area (Å²) in [7, 11) is 0. The number of hydrogen-bond donors (Lipinski definition) is 2. The standard InChI is InChI=1S/C22H18ClF3N6/c23-17-9-14(3-6-16(17)22(24,25)26)18-10-19(31-11-30-18)21(28)20(27)13-1-4-15(5-2-13)32-8-7-29-12-32/h1-12,20-21H,27-28H2. The molecule has 4 aromatic rings. The first kappa shape index (κ1) is 21.9. The lowest BCUT2D eigenvalue weighted by Gasteiger charge is -2.20. The zero-order chi connectivity index (χ0) is 22.9. The largest absolute Gasteiger partial charge is 0.417 e. The molecule has 0 radical (unpaired) electrons. The number of aromatic nitrogens is 4. The highest BCUT2D eigenvalue weighted by atomic mass is 35.5. The molecule has 2 aromatic carbocycles. The van der Waals surface area contributed by atoms with Gasteiger partial charge in [-0.2, -0.15) is 13.2 Å². The van der Waals surface area contributed by atoms with E-state index in [1.165, 1.54) is 18.5 Å². The third-order valence-corrected chi connectivity index (χ3v) is 5.38. The number of benzene rings is 2.